The van der Waals surface area contributed by atoms with E-state index in [1.54, 1.807) is 22.6 Å². The summed E-state index contributed by atoms with van der Waals surface area (Å²) >= 11 is 19.2. The average Bonchev–Trinajstić information content (AvgIpc) is 2.34. The van der Waals surface area contributed by atoms with Gasteiger partial charge in [-0.15, -0.1) is 0 Å². The summed E-state index contributed by atoms with van der Waals surface area (Å²) in [5, 5.41) is 0.269. The fraction of sp³-hybridized carbons (Fsp3) is 0.0833. The van der Waals surface area contributed by atoms with E-state index in [4.69, 9.17) is 34.8 Å². The Kier molecular flexibility index (Phi) is 4.73. The molecule has 106 valence electrons. The summed E-state index contributed by atoms with van der Waals surface area (Å²) in [4.78, 5) is 3.55. The average molecular weight is 452 g/mol. The topological polar surface area (TPSA) is 12.9 Å². The molecule has 0 amide bonds. The van der Waals surface area contributed by atoms with Gasteiger partial charge >= 0.3 is 6.18 Å². The first-order valence-electron chi connectivity index (χ1n) is 5.09. The zero-order chi connectivity index (χ0) is 15.1. The van der Waals surface area contributed by atoms with E-state index >= 15 is 0 Å². The summed E-state index contributed by atoms with van der Waals surface area (Å²) in [6, 6.07) is 5.46. The molecule has 2 aromatic rings. The van der Waals surface area contributed by atoms with Crippen molar-refractivity contribution in [2.75, 3.05) is 0 Å². The molecule has 0 saturated carbocycles. The van der Waals surface area contributed by atoms with Crippen molar-refractivity contribution >= 4 is 57.4 Å². The van der Waals surface area contributed by atoms with Crippen molar-refractivity contribution in [3.8, 4) is 11.1 Å². The second kappa shape index (κ2) is 5.87. The summed E-state index contributed by atoms with van der Waals surface area (Å²) in [6.07, 6.45) is -4.57. The number of pyridine rings is 1. The molecule has 0 bridgehead atoms. The minimum atomic E-state index is -4.57. The van der Waals surface area contributed by atoms with Crippen LogP contribution in [0.5, 0.6) is 0 Å². The normalized spacial score (nSPS) is 11.8. The van der Waals surface area contributed by atoms with Crippen molar-refractivity contribution in [3.63, 3.8) is 0 Å². The third kappa shape index (κ3) is 3.32. The molecule has 8 heteroatoms. The Morgan fingerprint density at radius 1 is 1.00 bits per heavy atom. The van der Waals surface area contributed by atoms with Gasteiger partial charge < -0.3 is 0 Å². The third-order valence-corrected chi connectivity index (χ3v) is 4.22. The Labute approximate surface area is 141 Å². The Hall–Kier alpha value is -0.240. The highest BCUT2D eigenvalue weighted by Gasteiger charge is 2.36. The van der Waals surface area contributed by atoms with Crippen LogP contribution in [0, 0.1) is 3.70 Å². The van der Waals surface area contributed by atoms with Crippen LogP contribution in [-0.4, -0.2) is 4.98 Å². The van der Waals surface area contributed by atoms with Gasteiger partial charge in [0.1, 0.15) is 3.70 Å². The molecular weight excluding hydrogens is 448 g/mol. The van der Waals surface area contributed by atoms with Crippen LogP contribution >= 0.6 is 57.4 Å². The van der Waals surface area contributed by atoms with Gasteiger partial charge in [0, 0.05) is 5.56 Å². The molecule has 0 saturated heterocycles. The highest BCUT2D eigenvalue weighted by molar-refractivity contribution is 14.1. The molecule has 0 aliphatic carbocycles. The first kappa shape index (κ1) is 16.1. The maximum atomic E-state index is 13.0. The molecule has 0 fully saturated rings. The number of benzene rings is 1. The Balaban J connectivity index is 2.70. The van der Waals surface area contributed by atoms with Crippen LogP contribution < -0.4 is 0 Å². The maximum absolute atomic E-state index is 13.0. The summed E-state index contributed by atoms with van der Waals surface area (Å²) in [6.45, 7) is 0. The second-order valence-corrected chi connectivity index (χ2v) is 6.08. The smallest absolute Gasteiger partial charge is 0.237 e. The van der Waals surface area contributed by atoms with E-state index in [-0.39, 0.29) is 29.9 Å². The van der Waals surface area contributed by atoms with Gasteiger partial charge in [0.25, 0.3) is 0 Å². The molecule has 0 atom stereocenters. The molecule has 0 aliphatic heterocycles. The van der Waals surface area contributed by atoms with Crippen LogP contribution in [0.25, 0.3) is 11.1 Å². The zero-order valence-corrected chi connectivity index (χ0v) is 13.8. The Morgan fingerprint density at radius 3 is 2.05 bits per heavy atom. The molecule has 0 aliphatic rings. The van der Waals surface area contributed by atoms with Crippen molar-refractivity contribution in [1.82, 2.24) is 4.98 Å². The minimum Gasteiger partial charge on any atom is -0.237 e. The first-order chi connectivity index (χ1) is 9.20. The number of hydrogen-bond acceptors (Lipinski definition) is 1. The predicted octanol–water partition coefficient (Wildman–Crippen LogP) is 6.33. The van der Waals surface area contributed by atoms with Crippen molar-refractivity contribution < 1.29 is 13.2 Å². The quantitative estimate of drug-likeness (QED) is 0.280. The highest BCUT2D eigenvalue weighted by atomic mass is 127. The van der Waals surface area contributed by atoms with Crippen LogP contribution in [0.2, 0.25) is 15.1 Å². The second-order valence-electron chi connectivity index (χ2n) is 3.78. The lowest BCUT2D eigenvalue weighted by atomic mass is 10.0. The molecule has 1 aromatic carbocycles. The van der Waals surface area contributed by atoms with Crippen LogP contribution in [0.15, 0.2) is 24.3 Å². The molecule has 1 heterocycles. The van der Waals surface area contributed by atoms with Gasteiger partial charge in [0.05, 0.1) is 15.1 Å². The Bertz CT molecular complexity index is 650. The van der Waals surface area contributed by atoms with Gasteiger partial charge in [-0.1, -0.05) is 34.8 Å². The van der Waals surface area contributed by atoms with Crippen LogP contribution in [-0.2, 0) is 6.18 Å². The van der Waals surface area contributed by atoms with E-state index in [1.165, 1.54) is 24.3 Å². The molecule has 1 aromatic heterocycles. The lowest BCUT2D eigenvalue weighted by Crippen LogP contribution is -2.11. The van der Waals surface area contributed by atoms with Gasteiger partial charge in [-0.3, -0.25) is 0 Å². The molecule has 0 N–H and O–H groups in total. The molecule has 0 radical (unpaired) electrons. The van der Waals surface area contributed by atoms with Crippen molar-refractivity contribution in [2.45, 2.75) is 6.18 Å². The van der Waals surface area contributed by atoms with Crippen molar-refractivity contribution in [1.29, 1.82) is 0 Å². The molecule has 1 nitrogen and oxygen atoms in total. The van der Waals surface area contributed by atoms with Crippen molar-refractivity contribution in [3.05, 3.63) is 48.7 Å². The number of halogens is 7. The van der Waals surface area contributed by atoms with E-state index in [0.717, 1.165) is 0 Å². The van der Waals surface area contributed by atoms with Gasteiger partial charge in [0.15, 0.2) is 5.69 Å². The highest BCUT2D eigenvalue weighted by Crippen LogP contribution is 2.40. The number of nitrogens with zero attached hydrogens (tertiary/aromatic N) is 1. The first-order valence-corrected chi connectivity index (χ1v) is 7.30. The molecule has 0 unspecified atom stereocenters. The molecule has 0 spiro atoms. The molecule has 20 heavy (non-hydrogen) atoms. The maximum Gasteiger partial charge on any atom is 0.434 e. The van der Waals surface area contributed by atoms with E-state index in [9.17, 15) is 13.2 Å². The van der Waals surface area contributed by atoms with E-state index in [2.05, 4.69) is 4.98 Å². The lowest BCUT2D eigenvalue weighted by Gasteiger charge is -2.13. The number of alkyl halides is 3. The van der Waals surface area contributed by atoms with E-state index in [0.29, 0.717) is 0 Å². The zero-order valence-electron chi connectivity index (χ0n) is 9.40. The van der Waals surface area contributed by atoms with Gasteiger partial charge in [0.2, 0.25) is 0 Å². The van der Waals surface area contributed by atoms with Gasteiger partial charge in [-0.05, 0) is 52.4 Å². The monoisotopic (exact) mass is 451 g/mol. The van der Waals surface area contributed by atoms with E-state index in [1.807, 2.05) is 0 Å². The number of rotatable bonds is 1. The van der Waals surface area contributed by atoms with Crippen LogP contribution in [0.3, 0.4) is 0 Å². The van der Waals surface area contributed by atoms with Crippen molar-refractivity contribution in [2.24, 2.45) is 0 Å². The fourth-order valence-electron chi connectivity index (χ4n) is 1.60. The predicted molar refractivity (Wildman–Crippen MR) is 82.4 cm³/mol. The SMILES string of the molecule is FC(F)(F)c1nc(I)ccc1-c1cc(Cl)c(Cl)c(Cl)c1. The summed E-state index contributed by atoms with van der Waals surface area (Å²) < 4.78 is 39.4. The Morgan fingerprint density at radius 2 is 1.55 bits per heavy atom. The van der Waals surface area contributed by atoms with Crippen LogP contribution in [0.4, 0.5) is 13.2 Å². The number of hydrogen-bond donors (Lipinski definition) is 0. The van der Waals surface area contributed by atoms with Gasteiger partial charge in [-0.25, -0.2) is 4.98 Å². The lowest BCUT2D eigenvalue weighted by molar-refractivity contribution is -0.140. The third-order valence-electron chi connectivity index (χ3n) is 2.42. The summed E-state index contributed by atoms with van der Waals surface area (Å²) in [7, 11) is 0. The fourth-order valence-corrected chi connectivity index (χ4v) is 2.61. The molecular formula is C12H4Cl3F3IN. The largest absolute Gasteiger partial charge is 0.434 e. The summed E-state index contributed by atoms with van der Waals surface area (Å²) in [5.74, 6) is 0. The van der Waals surface area contributed by atoms with Gasteiger partial charge in [-0.2, -0.15) is 13.2 Å². The van der Waals surface area contributed by atoms with E-state index < -0.39 is 11.9 Å². The minimum absolute atomic E-state index is 0.0841. The standard InChI is InChI=1S/C12H4Cl3F3IN/c13-7-3-5(4-8(14)10(7)15)6-1-2-9(19)20-11(6)12(16,17)18/h1-4H. The molecule has 2 rings (SSSR count). The van der Waals surface area contributed by atoms with Crippen LogP contribution in [0.1, 0.15) is 5.69 Å². The summed E-state index contributed by atoms with van der Waals surface area (Å²) in [5.41, 5.74) is -0.877. The number of aromatic nitrogens is 1.